The van der Waals surface area contributed by atoms with Crippen LogP contribution >= 0.6 is 15.9 Å². The van der Waals surface area contributed by atoms with Crippen molar-refractivity contribution in [3.05, 3.63) is 28.7 Å². The molecule has 0 bridgehead atoms. The molecule has 0 spiro atoms. The molecule has 1 saturated carbocycles. The van der Waals surface area contributed by atoms with E-state index in [-0.39, 0.29) is 5.54 Å². The fraction of sp³-hybridized carbons (Fsp3) is 0.625. The molecule has 1 aromatic rings. The predicted molar refractivity (Wildman–Crippen MR) is 86.4 cm³/mol. The van der Waals surface area contributed by atoms with Crippen LogP contribution in [0, 0.1) is 5.92 Å². The van der Waals surface area contributed by atoms with Gasteiger partial charge in [-0.2, -0.15) is 0 Å². The van der Waals surface area contributed by atoms with Gasteiger partial charge in [0.1, 0.15) is 0 Å². The summed E-state index contributed by atoms with van der Waals surface area (Å²) in [5.41, 5.74) is 7.38. The molecule has 19 heavy (non-hydrogen) atoms. The molecule has 1 aromatic carbocycles. The highest BCUT2D eigenvalue weighted by Crippen LogP contribution is 2.34. The van der Waals surface area contributed by atoms with Crippen molar-refractivity contribution in [3.63, 3.8) is 0 Å². The Labute approximate surface area is 125 Å². The summed E-state index contributed by atoms with van der Waals surface area (Å²) in [6.45, 7) is 3.03. The number of nitrogens with two attached hydrogens (primary N) is 1. The van der Waals surface area contributed by atoms with Crippen LogP contribution in [0.15, 0.2) is 28.7 Å². The van der Waals surface area contributed by atoms with Crippen molar-refractivity contribution in [2.45, 2.75) is 51.0 Å². The van der Waals surface area contributed by atoms with Gasteiger partial charge in [0.15, 0.2) is 0 Å². The Morgan fingerprint density at radius 3 is 2.63 bits per heavy atom. The minimum absolute atomic E-state index is 0.0950. The molecule has 0 aliphatic heterocycles. The van der Waals surface area contributed by atoms with Gasteiger partial charge < -0.3 is 11.1 Å². The molecule has 1 fully saturated rings. The third-order valence-electron chi connectivity index (χ3n) is 4.52. The van der Waals surface area contributed by atoms with Gasteiger partial charge in [-0.05, 0) is 49.4 Å². The summed E-state index contributed by atoms with van der Waals surface area (Å²) in [6, 6.07) is 8.42. The van der Waals surface area contributed by atoms with Gasteiger partial charge in [-0.3, -0.25) is 0 Å². The van der Waals surface area contributed by atoms with E-state index in [1.807, 2.05) is 0 Å². The van der Waals surface area contributed by atoms with E-state index in [9.17, 15) is 0 Å². The second-order valence-corrected chi connectivity index (χ2v) is 6.74. The molecule has 0 saturated heterocycles. The fourth-order valence-electron chi connectivity index (χ4n) is 3.11. The molecule has 2 unspecified atom stereocenters. The summed E-state index contributed by atoms with van der Waals surface area (Å²) in [4.78, 5) is 0. The second-order valence-electron chi connectivity index (χ2n) is 5.82. The Kier molecular flexibility index (Phi) is 5.28. The highest BCUT2D eigenvalue weighted by Gasteiger charge is 2.31. The van der Waals surface area contributed by atoms with Crippen molar-refractivity contribution in [1.82, 2.24) is 0 Å². The number of anilines is 1. The van der Waals surface area contributed by atoms with Crippen LogP contribution in [0.5, 0.6) is 0 Å². The molecule has 2 atom stereocenters. The number of hydrogen-bond acceptors (Lipinski definition) is 2. The number of rotatable bonds is 4. The molecular formula is C16H25BrN2. The zero-order valence-electron chi connectivity index (χ0n) is 11.8. The van der Waals surface area contributed by atoms with E-state index in [0.29, 0.717) is 0 Å². The smallest absolute Gasteiger partial charge is 0.0495 e. The molecule has 3 N–H and O–H groups in total. The molecule has 0 amide bonds. The van der Waals surface area contributed by atoms with Gasteiger partial charge in [-0.25, -0.2) is 0 Å². The van der Waals surface area contributed by atoms with E-state index in [4.69, 9.17) is 5.73 Å². The average molecular weight is 325 g/mol. The van der Waals surface area contributed by atoms with E-state index >= 15 is 0 Å². The van der Waals surface area contributed by atoms with Crippen LogP contribution in [0.4, 0.5) is 5.69 Å². The van der Waals surface area contributed by atoms with Gasteiger partial charge in [0.25, 0.3) is 0 Å². The van der Waals surface area contributed by atoms with Gasteiger partial charge in [0, 0.05) is 22.2 Å². The highest BCUT2D eigenvalue weighted by atomic mass is 79.9. The number of benzene rings is 1. The largest absolute Gasteiger partial charge is 0.378 e. The van der Waals surface area contributed by atoms with E-state index in [1.165, 1.54) is 44.2 Å². The minimum Gasteiger partial charge on any atom is -0.378 e. The maximum Gasteiger partial charge on any atom is 0.0495 e. The lowest BCUT2D eigenvalue weighted by molar-refractivity contribution is 0.398. The third-order valence-corrected chi connectivity index (χ3v) is 5.05. The van der Waals surface area contributed by atoms with Crippen LogP contribution in [0.25, 0.3) is 0 Å². The van der Waals surface area contributed by atoms with Gasteiger partial charge in [-0.15, -0.1) is 0 Å². The average Bonchev–Trinajstić information content (AvgIpc) is 2.64. The molecule has 0 heterocycles. The van der Waals surface area contributed by atoms with Gasteiger partial charge >= 0.3 is 0 Å². The zero-order valence-corrected chi connectivity index (χ0v) is 13.4. The third kappa shape index (κ3) is 3.96. The van der Waals surface area contributed by atoms with Crippen LogP contribution in [-0.2, 0) is 0 Å². The highest BCUT2D eigenvalue weighted by molar-refractivity contribution is 9.10. The molecular weight excluding hydrogens is 300 g/mol. The lowest BCUT2D eigenvalue weighted by Gasteiger charge is -2.34. The Hall–Kier alpha value is -0.540. The van der Waals surface area contributed by atoms with Crippen LogP contribution < -0.4 is 11.1 Å². The SMILES string of the molecule is CCC1CCCC(CN)(Nc2ccc(Br)cc2)CC1. The second kappa shape index (κ2) is 6.76. The summed E-state index contributed by atoms with van der Waals surface area (Å²) >= 11 is 3.48. The van der Waals surface area contributed by atoms with Crippen molar-refractivity contribution in [2.75, 3.05) is 11.9 Å². The lowest BCUT2D eigenvalue weighted by atomic mass is 9.89. The molecule has 106 valence electrons. The first-order valence-electron chi connectivity index (χ1n) is 7.41. The first kappa shape index (κ1) is 14.9. The number of nitrogens with one attached hydrogen (secondary N) is 1. The molecule has 0 radical (unpaired) electrons. The first-order valence-corrected chi connectivity index (χ1v) is 8.20. The van der Waals surface area contributed by atoms with Crippen LogP contribution in [0.3, 0.4) is 0 Å². The molecule has 1 aliphatic carbocycles. The summed E-state index contributed by atoms with van der Waals surface area (Å²) < 4.78 is 1.12. The van der Waals surface area contributed by atoms with Crippen molar-refractivity contribution >= 4 is 21.6 Å². The van der Waals surface area contributed by atoms with Crippen molar-refractivity contribution in [3.8, 4) is 0 Å². The van der Waals surface area contributed by atoms with Crippen molar-refractivity contribution in [2.24, 2.45) is 11.7 Å². The summed E-state index contributed by atoms with van der Waals surface area (Å²) in [7, 11) is 0. The first-order chi connectivity index (χ1) is 9.17. The van der Waals surface area contributed by atoms with Crippen molar-refractivity contribution in [1.29, 1.82) is 0 Å². The number of halogens is 1. The quantitative estimate of drug-likeness (QED) is 0.797. The van der Waals surface area contributed by atoms with E-state index in [1.54, 1.807) is 0 Å². The zero-order chi connectivity index (χ0) is 13.7. The Morgan fingerprint density at radius 1 is 1.26 bits per heavy atom. The fourth-order valence-corrected chi connectivity index (χ4v) is 3.37. The Balaban J connectivity index is 2.07. The van der Waals surface area contributed by atoms with E-state index in [0.717, 1.165) is 16.9 Å². The van der Waals surface area contributed by atoms with E-state index in [2.05, 4.69) is 52.4 Å². The van der Waals surface area contributed by atoms with Gasteiger partial charge in [0.05, 0.1) is 0 Å². The monoisotopic (exact) mass is 324 g/mol. The molecule has 2 nitrogen and oxygen atoms in total. The summed E-state index contributed by atoms with van der Waals surface area (Å²) in [5.74, 6) is 0.889. The molecule has 0 aromatic heterocycles. The molecule has 2 rings (SSSR count). The minimum atomic E-state index is 0.0950. The van der Waals surface area contributed by atoms with E-state index < -0.39 is 0 Å². The number of hydrogen-bond donors (Lipinski definition) is 2. The van der Waals surface area contributed by atoms with Gasteiger partial charge in [0.2, 0.25) is 0 Å². The summed E-state index contributed by atoms with van der Waals surface area (Å²) in [5, 5.41) is 3.71. The Morgan fingerprint density at radius 2 is 2.00 bits per heavy atom. The lowest BCUT2D eigenvalue weighted by Crippen LogP contribution is -2.45. The van der Waals surface area contributed by atoms with Crippen molar-refractivity contribution < 1.29 is 0 Å². The molecule has 3 heteroatoms. The maximum absolute atomic E-state index is 6.10. The van der Waals surface area contributed by atoms with Crippen LogP contribution in [0.2, 0.25) is 0 Å². The summed E-state index contributed by atoms with van der Waals surface area (Å²) in [6.07, 6.45) is 7.64. The van der Waals surface area contributed by atoms with Gasteiger partial charge in [-0.1, -0.05) is 42.1 Å². The predicted octanol–water partition coefficient (Wildman–Crippen LogP) is 4.55. The molecule has 1 aliphatic rings. The van der Waals surface area contributed by atoms with Crippen LogP contribution in [0.1, 0.15) is 45.4 Å². The maximum atomic E-state index is 6.10. The van der Waals surface area contributed by atoms with Crippen LogP contribution in [-0.4, -0.2) is 12.1 Å². The standard InChI is InChI=1S/C16H25BrN2/c1-2-13-4-3-10-16(12-18,11-9-13)19-15-7-5-14(17)6-8-15/h5-8,13,19H,2-4,9-12,18H2,1H3. The Bertz CT molecular complexity index is 390. The topological polar surface area (TPSA) is 38.0 Å². The normalized spacial score (nSPS) is 27.8.